The van der Waals surface area contributed by atoms with Gasteiger partial charge in [0.25, 0.3) is 5.19 Å². The quantitative estimate of drug-likeness (QED) is 0.513. The van der Waals surface area contributed by atoms with Gasteiger partial charge in [-0.25, -0.2) is 9.78 Å². The minimum absolute atomic E-state index is 0.229. The van der Waals surface area contributed by atoms with E-state index in [1.165, 1.54) is 6.20 Å². The number of methoxy groups -OCH3 is 2. The first-order valence-corrected chi connectivity index (χ1v) is 5.83. The molecular weight excluding hydrogens is 246 g/mol. The predicted octanol–water partition coefficient (Wildman–Crippen LogP) is 0.972. The van der Waals surface area contributed by atoms with Crippen molar-refractivity contribution in [3.05, 3.63) is 11.1 Å². The lowest BCUT2D eigenvalue weighted by Gasteiger charge is -2.01. The van der Waals surface area contributed by atoms with Crippen LogP contribution in [0.2, 0.25) is 0 Å². The molecule has 6 nitrogen and oxygen atoms in total. The molecule has 0 aromatic carbocycles. The van der Waals surface area contributed by atoms with E-state index in [1.54, 1.807) is 14.2 Å². The molecule has 17 heavy (non-hydrogen) atoms. The zero-order valence-corrected chi connectivity index (χ0v) is 10.6. The molecule has 0 N–H and O–H groups in total. The highest BCUT2D eigenvalue weighted by Crippen LogP contribution is 2.21. The van der Waals surface area contributed by atoms with Crippen LogP contribution in [0.25, 0.3) is 0 Å². The van der Waals surface area contributed by atoms with E-state index >= 15 is 0 Å². The first kappa shape index (κ1) is 13.9. The monoisotopic (exact) mass is 261 g/mol. The molecule has 0 aliphatic heterocycles. The average molecular weight is 261 g/mol. The number of hydrogen-bond acceptors (Lipinski definition) is 7. The summed E-state index contributed by atoms with van der Waals surface area (Å²) in [4.78, 5) is 15.8. The number of nitrogens with zero attached hydrogens (tertiary/aromatic N) is 1. The zero-order chi connectivity index (χ0) is 12.5. The Kier molecular flexibility index (Phi) is 6.53. The van der Waals surface area contributed by atoms with Crippen LogP contribution in [0.3, 0.4) is 0 Å². The molecular formula is C10H15NO5S. The van der Waals surface area contributed by atoms with Gasteiger partial charge in [0.05, 0.1) is 19.4 Å². The van der Waals surface area contributed by atoms with Crippen molar-refractivity contribution >= 4 is 17.3 Å². The molecule has 1 aromatic heterocycles. The molecule has 7 heteroatoms. The van der Waals surface area contributed by atoms with Gasteiger partial charge in [0, 0.05) is 14.2 Å². The Balaban J connectivity index is 2.35. The van der Waals surface area contributed by atoms with Crippen LogP contribution >= 0.6 is 11.3 Å². The third-order valence-electron chi connectivity index (χ3n) is 1.72. The third-order valence-corrected chi connectivity index (χ3v) is 2.61. The topological polar surface area (TPSA) is 66.9 Å². The molecule has 0 atom stereocenters. The molecule has 0 fully saturated rings. The summed E-state index contributed by atoms with van der Waals surface area (Å²) in [5.41, 5.74) is 0. The molecule has 1 aromatic rings. The van der Waals surface area contributed by atoms with Crippen LogP contribution < -0.4 is 4.74 Å². The van der Waals surface area contributed by atoms with Crippen molar-refractivity contribution in [3.8, 4) is 5.19 Å². The Morgan fingerprint density at radius 3 is 2.65 bits per heavy atom. The smallest absolute Gasteiger partial charge is 0.350 e. The van der Waals surface area contributed by atoms with Gasteiger partial charge in [0.1, 0.15) is 18.1 Å². The molecule has 0 aliphatic rings. The van der Waals surface area contributed by atoms with Crippen molar-refractivity contribution in [1.82, 2.24) is 4.98 Å². The van der Waals surface area contributed by atoms with Crippen molar-refractivity contribution in [2.75, 3.05) is 40.6 Å². The van der Waals surface area contributed by atoms with Crippen LogP contribution in [-0.2, 0) is 14.2 Å². The maximum atomic E-state index is 11.5. The maximum absolute atomic E-state index is 11.5. The number of ether oxygens (including phenoxy) is 4. The Labute approximate surface area is 103 Å². The second-order valence-electron chi connectivity index (χ2n) is 2.96. The van der Waals surface area contributed by atoms with Gasteiger partial charge in [-0.3, -0.25) is 0 Å². The number of rotatable bonds is 8. The lowest BCUT2D eigenvalue weighted by molar-refractivity contribution is 0.0393. The summed E-state index contributed by atoms with van der Waals surface area (Å²) in [6, 6.07) is 0. The molecule has 0 amide bonds. The second kappa shape index (κ2) is 7.99. The molecule has 0 radical (unpaired) electrons. The number of carbonyl (C=O) groups excluding carboxylic acids is 1. The van der Waals surface area contributed by atoms with Crippen LogP contribution in [0.1, 0.15) is 9.67 Å². The Hall–Kier alpha value is -1.18. The molecule has 96 valence electrons. The summed E-state index contributed by atoms with van der Waals surface area (Å²) in [6.07, 6.45) is 1.43. The number of hydrogen-bond donors (Lipinski definition) is 0. The van der Waals surface area contributed by atoms with Gasteiger partial charge in [-0.1, -0.05) is 11.3 Å². The SMILES string of the molecule is COCCOC(=O)c1cnc(OCCOC)s1. The summed E-state index contributed by atoms with van der Waals surface area (Å²) in [6.45, 7) is 1.49. The van der Waals surface area contributed by atoms with E-state index in [4.69, 9.17) is 18.9 Å². The average Bonchev–Trinajstić information content (AvgIpc) is 2.78. The van der Waals surface area contributed by atoms with E-state index in [-0.39, 0.29) is 6.61 Å². The highest BCUT2D eigenvalue weighted by molar-refractivity contribution is 7.15. The van der Waals surface area contributed by atoms with E-state index in [2.05, 4.69) is 4.98 Å². The van der Waals surface area contributed by atoms with Crippen molar-refractivity contribution in [2.45, 2.75) is 0 Å². The number of thiazole rings is 1. The standard InChI is InChI=1S/C10H15NO5S/c1-13-3-5-15-9(12)8-7-11-10(17-8)16-6-4-14-2/h7H,3-6H2,1-2H3. The molecule has 0 unspecified atom stereocenters. The Morgan fingerprint density at radius 2 is 1.94 bits per heavy atom. The Morgan fingerprint density at radius 1 is 1.24 bits per heavy atom. The fraction of sp³-hybridized carbons (Fsp3) is 0.600. The second-order valence-corrected chi connectivity index (χ2v) is 3.95. The molecule has 0 aliphatic carbocycles. The van der Waals surface area contributed by atoms with Crippen LogP contribution in [0.15, 0.2) is 6.20 Å². The molecule has 0 saturated heterocycles. The Bertz CT molecular complexity index is 341. The third kappa shape index (κ3) is 5.12. The van der Waals surface area contributed by atoms with Crippen molar-refractivity contribution in [3.63, 3.8) is 0 Å². The van der Waals surface area contributed by atoms with E-state index < -0.39 is 5.97 Å². The van der Waals surface area contributed by atoms with E-state index in [1.807, 2.05) is 0 Å². The normalized spacial score (nSPS) is 10.2. The van der Waals surface area contributed by atoms with E-state index in [9.17, 15) is 4.79 Å². The fourth-order valence-corrected chi connectivity index (χ4v) is 1.60. The molecule has 1 heterocycles. The zero-order valence-electron chi connectivity index (χ0n) is 9.80. The molecule has 0 spiro atoms. The van der Waals surface area contributed by atoms with Crippen molar-refractivity contribution in [1.29, 1.82) is 0 Å². The minimum atomic E-state index is -0.416. The molecule has 1 rings (SSSR count). The van der Waals surface area contributed by atoms with Gasteiger partial charge in [0.15, 0.2) is 0 Å². The van der Waals surface area contributed by atoms with Crippen LogP contribution in [0, 0.1) is 0 Å². The van der Waals surface area contributed by atoms with Crippen LogP contribution in [0.4, 0.5) is 0 Å². The van der Waals surface area contributed by atoms with E-state index in [0.29, 0.717) is 29.9 Å². The van der Waals surface area contributed by atoms with Gasteiger partial charge in [-0.15, -0.1) is 0 Å². The fourth-order valence-electron chi connectivity index (χ4n) is 0.920. The largest absolute Gasteiger partial charge is 0.468 e. The highest BCUT2D eigenvalue weighted by atomic mass is 32.1. The molecule has 0 saturated carbocycles. The summed E-state index contributed by atoms with van der Waals surface area (Å²) < 4.78 is 19.8. The first-order valence-electron chi connectivity index (χ1n) is 5.01. The summed E-state index contributed by atoms with van der Waals surface area (Å²) in [5, 5.41) is 0.431. The van der Waals surface area contributed by atoms with Gasteiger partial charge >= 0.3 is 5.97 Å². The van der Waals surface area contributed by atoms with Crippen molar-refractivity contribution in [2.24, 2.45) is 0 Å². The summed E-state index contributed by atoms with van der Waals surface area (Å²) in [7, 11) is 3.13. The maximum Gasteiger partial charge on any atom is 0.350 e. The predicted molar refractivity (Wildman–Crippen MR) is 61.6 cm³/mol. The summed E-state index contributed by atoms with van der Waals surface area (Å²) in [5.74, 6) is -0.416. The van der Waals surface area contributed by atoms with Gasteiger partial charge < -0.3 is 18.9 Å². The summed E-state index contributed by atoms with van der Waals surface area (Å²) >= 11 is 1.15. The number of aromatic nitrogens is 1. The van der Waals surface area contributed by atoms with Gasteiger partial charge in [-0.2, -0.15) is 0 Å². The first-order chi connectivity index (χ1) is 8.27. The lowest BCUT2D eigenvalue weighted by atomic mass is 10.6. The molecule has 0 bridgehead atoms. The van der Waals surface area contributed by atoms with Gasteiger partial charge in [-0.05, 0) is 0 Å². The van der Waals surface area contributed by atoms with E-state index in [0.717, 1.165) is 11.3 Å². The minimum Gasteiger partial charge on any atom is -0.468 e. The lowest BCUT2D eigenvalue weighted by Crippen LogP contribution is -2.08. The number of carbonyl (C=O) groups is 1. The van der Waals surface area contributed by atoms with Crippen LogP contribution in [0.5, 0.6) is 5.19 Å². The van der Waals surface area contributed by atoms with Gasteiger partial charge in [0.2, 0.25) is 0 Å². The number of esters is 1. The van der Waals surface area contributed by atoms with Crippen LogP contribution in [-0.4, -0.2) is 51.6 Å². The van der Waals surface area contributed by atoms with Crippen molar-refractivity contribution < 1.29 is 23.7 Å². The highest BCUT2D eigenvalue weighted by Gasteiger charge is 2.12.